The second-order valence-corrected chi connectivity index (χ2v) is 3.11. The highest BCUT2D eigenvalue weighted by atomic mass is 16.1. The van der Waals surface area contributed by atoms with Crippen LogP contribution < -0.4 is 5.73 Å². The molecule has 0 radical (unpaired) electrons. The summed E-state index contributed by atoms with van der Waals surface area (Å²) < 4.78 is 0. The van der Waals surface area contributed by atoms with Gasteiger partial charge in [-0.3, -0.25) is 9.80 Å². The Morgan fingerprint density at radius 3 is 3.07 bits per heavy atom. The highest BCUT2D eigenvalue weighted by Gasteiger charge is 2.13. The van der Waals surface area contributed by atoms with Crippen LogP contribution in [0, 0.1) is 0 Å². The van der Waals surface area contributed by atoms with E-state index in [0.29, 0.717) is 6.54 Å². The maximum absolute atomic E-state index is 10.7. The van der Waals surface area contributed by atoms with Crippen LogP contribution in [0.1, 0.15) is 5.56 Å². The number of amides is 1. The molecule has 72 valence electrons. The molecule has 0 bridgehead atoms. The average Bonchev–Trinajstić information content (AvgIpc) is 2.17. The first-order valence-electron chi connectivity index (χ1n) is 4.28. The molecule has 1 aromatic carbocycles. The molecule has 5 nitrogen and oxygen atoms in total. The van der Waals surface area contributed by atoms with E-state index in [1.165, 1.54) is 0 Å². The van der Waals surface area contributed by atoms with E-state index in [4.69, 9.17) is 5.73 Å². The Balaban J connectivity index is 2.17. The molecular formula is C9H10N4O. The Bertz CT molecular complexity index is 388. The van der Waals surface area contributed by atoms with Crippen molar-refractivity contribution in [3.63, 3.8) is 0 Å². The fraction of sp³-hybridized carbons (Fsp3) is 0.222. The molecule has 2 rings (SSSR count). The van der Waals surface area contributed by atoms with Crippen molar-refractivity contribution in [3.8, 4) is 0 Å². The van der Waals surface area contributed by atoms with Gasteiger partial charge in [-0.15, -0.1) is 5.11 Å². The van der Waals surface area contributed by atoms with Gasteiger partial charge in [-0.2, -0.15) is 0 Å². The summed E-state index contributed by atoms with van der Waals surface area (Å²) in [5.41, 5.74) is 6.97. The number of nitrogens with two attached hydrogens (primary N) is 1. The van der Waals surface area contributed by atoms with Gasteiger partial charge in [-0.05, 0) is 6.07 Å². The number of rotatable bonds is 2. The van der Waals surface area contributed by atoms with Gasteiger partial charge in [0.15, 0.2) is 0 Å². The predicted molar refractivity (Wildman–Crippen MR) is 50.6 cm³/mol. The second-order valence-electron chi connectivity index (χ2n) is 3.11. The molecule has 14 heavy (non-hydrogen) atoms. The number of fused-ring (bicyclic) bond motifs is 1. The molecule has 0 aliphatic carbocycles. The number of carbonyl (C=O) groups excluding carboxylic acids is 1. The first-order valence-corrected chi connectivity index (χ1v) is 4.28. The maximum Gasteiger partial charge on any atom is 0.238 e. The summed E-state index contributed by atoms with van der Waals surface area (Å²) in [5.74, 6) is -0.400. The van der Waals surface area contributed by atoms with E-state index in [2.05, 4.69) is 10.3 Å². The van der Waals surface area contributed by atoms with Gasteiger partial charge in [0.1, 0.15) is 6.54 Å². The van der Waals surface area contributed by atoms with Gasteiger partial charge in [-0.1, -0.05) is 23.4 Å². The molecule has 2 N–H and O–H groups in total. The van der Waals surface area contributed by atoms with Crippen molar-refractivity contribution in [1.29, 1.82) is 0 Å². The minimum atomic E-state index is -0.400. The van der Waals surface area contributed by atoms with Crippen LogP contribution in [0.4, 0.5) is 5.69 Å². The number of primary amides is 1. The molecule has 0 unspecified atom stereocenters. The fourth-order valence-corrected chi connectivity index (χ4v) is 1.35. The van der Waals surface area contributed by atoms with E-state index in [1.54, 1.807) is 5.01 Å². The highest BCUT2D eigenvalue weighted by Crippen LogP contribution is 2.24. The summed E-state index contributed by atoms with van der Waals surface area (Å²) in [4.78, 5) is 10.7. The van der Waals surface area contributed by atoms with E-state index in [0.717, 1.165) is 11.3 Å². The minimum absolute atomic E-state index is 0.109. The Hall–Kier alpha value is -1.91. The van der Waals surface area contributed by atoms with E-state index >= 15 is 0 Å². The second kappa shape index (κ2) is 3.45. The normalized spacial score (nSPS) is 13.9. The van der Waals surface area contributed by atoms with Crippen LogP contribution in [0.25, 0.3) is 0 Å². The molecule has 1 heterocycles. The molecular weight excluding hydrogens is 180 g/mol. The fourth-order valence-electron chi connectivity index (χ4n) is 1.35. The van der Waals surface area contributed by atoms with Crippen molar-refractivity contribution in [2.75, 3.05) is 6.54 Å². The van der Waals surface area contributed by atoms with Gasteiger partial charge in [0, 0.05) is 5.56 Å². The largest absolute Gasteiger partial charge is 0.368 e. The molecule has 0 saturated heterocycles. The molecule has 0 saturated carbocycles. The van der Waals surface area contributed by atoms with Crippen molar-refractivity contribution in [1.82, 2.24) is 5.01 Å². The topological polar surface area (TPSA) is 71.1 Å². The summed E-state index contributed by atoms with van der Waals surface area (Å²) >= 11 is 0. The zero-order valence-electron chi connectivity index (χ0n) is 7.55. The molecule has 1 aromatic rings. The van der Waals surface area contributed by atoms with Crippen LogP contribution in [0.3, 0.4) is 0 Å². The quantitative estimate of drug-likeness (QED) is 0.755. The lowest BCUT2D eigenvalue weighted by Gasteiger charge is -2.20. The summed E-state index contributed by atoms with van der Waals surface area (Å²) in [7, 11) is 0. The summed E-state index contributed by atoms with van der Waals surface area (Å²) in [6.45, 7) is 0.695. The van der Waals surface area contributed by atoms with Gasteiger partial charge in [-0.25, -0.2) is 0 Å². The molecule has 0 aromatic heterocycles. The van der Waals surface area contributed by atoms with Gasteiger partial charge in [0.25, 0.3) is 0 Å². The molecule has 1 aliphatic heterocycles. The predicted octanol–water partition coefficient (Wildman–Crippen LogP) is 0.986. The smallest absolute Gasteiger partial charge is 0.238 e. The third kappa shape index (κ3) is 1.71. The third-order valence-electron chi connectivity index (χ3n) is 1.96. The SMILES string of the molecule is NC(=O)CN1Cc2ccccc2N=N1. The molecule has 1 aliphatic rings. The van der Waals surface area contributed by atoms with Crippen molar-refractivity contribution in [2.24, 2.45) is 16.1 Å². The van der Waals surface area contributed by atoms with Crippen molar-refractivity contribution < 1.29 is 4.79 Å². The van der Waals surface area contributed by atoms with E-state index in [-0.39, 0.29) is 6.54 Å². The zero-order valence-corrected chi connectivity index (χ0v) is 7.55. The van der Waals surface area contributed by atoms with Gasteiger partial charge in [0.2, 0.25) is 5.91 Å². The molecule has 0 fully saturated rings. The van der Waals surface area contributed by atoms with Crippen LogP contribution in [-0.4, -0.2) is 17.5 Å². The first-order chi connectivity index (χ1) is 6.75. The standard InChI is InChI=1S/C9H10N4O/c10-9(14)6-13-5-7-3-1-2-4-8(7)11-12-13/h1-4H,5-6H2,(H2,10,14). The van der Waals surface area contributed by atoms with E-state index in [1.807, 2.05) is 24.3 Å². The van der Waals surface area contributed by atoms with Crippen molar-refractivity contribution >= 4 is 11.6 Å². The summed E-state index contributed by atoms with van der Waals surface area (Å²) in [5, 5.41) is 9.39. The Labute approximate surface area is 81.2 Å². The van der Waals surface area contributed by atoms with Gasteiger partial charge in [0.05, 0.1) is 12.2 Å². The summed E-state index contributed by atoms with van der Waals surface area (Å²) in [6, 6.07) is 7.69. The number of benzene rings is 1. The minimum Gasteiger partial charge on any atom is -0.368 e. The summed E-state index contributed by atoms with van der Waals surface area (Å²) in [6.07, 6.45) is 0. The Morgan fingerprint density at radius 1 is 1.50 bits per heavy atom. The highest BCUT2D eigenvalue weighted by molar-refractivity contribution is 5.75. The van der Waals surface area contributed by atoms with Gasteiger partial charge >= 0.3 is 0 Å². The number of hydrogen-bond donors (Lipinski definition) is 1. The number of carbonyl (C=O) groups is 1. The van der Waals surface area contributed by atoms with Crippen LogP contribution >= 0.6 is 0 Å². The zero-order chi connectivity index (χ0) is 9.97. The van der Waals surface area contributed by atoms with Crippen molar-refractivity contribution in [2.45, 2.75) is 6.54 Å². The third-order valence-corrected chi connectivity index (χ3v) is 1.96. The average molecular weight is 190 g/mol. The lowest BCUT2D eigenvalue weighted by atomic mass is 10.1. The molecule has 0 spiro atoms. The van der Waals surface area contributed by atoms with Gasteiger partial charge < -0.3 is 5.73 Å². The first kappa shape index (κ1) is 8.68. The van der Waals surface area contributed by atoms with Crippen LogP contribution in [0.5, 0.6) is 0 Å². The molecule has 1 amide bonds. The molecule has 5 heteroatoms. The van der Waals surface area contributed by atoms with E-state index in [9.17, 15) is 4.79 Å². The van der Waals surface area contributed by atoms with Crippen molar-refractivity contribution in [3.05, 3.63) is 29.8 Å². The lowest BCUT2D eigenvalue weighted by Crippen LogP contribution is -2.30. The van der Waals surface area contributed by atoms with Crippen LogP contribution in [0.2, 0.25) is 0 Å². The number of nitrogens with zero attached hydrogens (tertiary/aromatic N) is 3. The van der Waals surface area contributed by atoms with Crippen LogP contribution in [-0.2, 0) is 11.3 Å². The van der Waals surface area contributed by atoms with Crippen LogP contribution in [0.15, 0.2) is 34.6 Å². The maximum atomic E-state index is 10.7. The lowest BCUT2D eigenvalue weighted by molar-refractivity contribution is -0.119. The Morgan fingerprint density at radius 2 is 2.29 bits per heavy atom. The Kier molecular flexibility index (Phi) is 2.14. The van der Waals surface area contributed by atoms with E-state index < -0.39 is 5.91 Å². The molecule has 0 atom stereocenters. The number of hydrogen-bond acceptors (Lipinski definition) is 4. The monoisotopic (exact) mass is 190 g/mol.